The predicted octanol–water partition coefficient (Wildman–Crippen LogP) is 9.32. The summed E-state index contributed by atoms with van der Waals surface area (Å²) in [7, 11) is 0. The first-order valence-electron chi connectivity index (χ1n) is 12.2. The van der Waals surface area contributed by atoms with E-state index in [9.17, 15) is 0 Å². The van der Waals surface area contributed by atoms with Crippen LogP contribution < -0.4 is 0 Å². The fraction of sp³-hybridized carbons (Fsp3) is 0.0270. The number of fused-ring (bicyclic) bond motifs is 4. The van der Waals surface area contributed by atoms with Crippen LogP contribution in [0.3, 0.4) is 0 Å². The van der Waals surface area contributed by atoms with Crippen molar-refractivity contribution in [2.24, 2.45) is 0 Å². The van der Waals surface area contributed by atoms with Gasteiger partial charge in [-0.2, -0.15) is 47.3 Å². The molecule has 0 saturated carbocycles. The first-order chi connectivity index (χ1) is 17.8. The van der Waals surface area contributed by atoms with Crippen molar-refractivity contribution in [2.75, 3.05) is 0 Å². The van der Waals surface area contributed by atoms with E-state index >= 15 is 0 Å². The summed E-state index contributed by atoms with van der Waals surface area (Å²) in [5.41, 5.74) is 8.17. The third-order valence-corrected chi connectivity index (χ3v) is 7.71. The summed E-state index contributed by atoms with van der Waals surface area (Å²) in [6, 6.07) is 53.9. The molecule has 1 aliphatic rings. The van der Waals surface area contributed by atoms with Gasteiger partial charge in [0.2, 0.25) is 0 Å². The van der Waals surface area contributed by atoms with Crippen LogP contribution in [-0.4, -0.2) is 3.21 Å². The molecule has 0 N–H and O–H groups in total. The monoisotopic (exact) mass is 566 g/mol. The van der Waals surface area contributed by atoms with Gasteiger partial charge in [0.15, 0.2) is 0 Å². The molecule has 0 amide bonds. The van der Waals surface area contributed by atoms with E-state index in [0.29, 0.717) is 0 Å². The number of benzene rings is 5. The first-order valence-corrected chi connectivity index (χ1v) is 13.4. The zero-order valence-electron chi connectivity index (χ0n) is 22.1. The van der Waals surface area contributed by atoms with Crippen LogP contribution in [0.25, 0.3) is 21.9 Å². The van der Waals surface area contributed by atoms with Crippen LogP contribution in [0, 0.1) is 20.9 Å². The SMILES string of the molecule is [CH3-].[CH3-].[Zr]=[C](c1ccccc1)c1ccccc1.[c-]1cccc2c1Cc1ccccc1-2.c1ccc2[cH-]ccc2c1. The molecule has 0 nitrogen and oxygen atoms in total. The van der Waals surface area contributed by atoms with Crippen molar-refractivity contribution in [1.29, 1.82) is 0 Å². The molecule has 6 aromatic rings. The average molecular weight is 568 g/mol. The molecule has 0 spiro atoms. The number of rotatable bonds is 2. The Bertz CT molecular complexity index is 1440. The standard InChI is InChI=1S/C13H9.C13H10.C9H7.2CH3.Zr/c1-3-7-12-10(5-1)9-11-6-2-4-8-13(11)12;1-3-7-12(8-4-1)11-13-9-5-2-6-10-13;1-2-5-9-7-3-6-8(9)4-1;;;/h1-5,7-8H,9H2;1-10H;1-7H;2*1H3;/q-1;;3*-1;. The maximum atomic E-state index is 3.30. The maximum absolute atomic E-state index is 3.30. The van der Waals surface area contributed by atoms with Gasteiger partial charge in [-0.3, -0.25) is 0 Å². The van der Waals surface area contributed by atoms with E-state index < -0.39 is 0 Å². The Hall–Kier alpha value is -3.54. The van der Waals surface area contributed by atoms with Crippen LogP contribution >= 0.6 is 0 Å². The van der Waals surface area contributed by atoms with Gasteiger partial charge in [0.25, 0.3) is 0 Å². The molecule has 1 heteroatoms. The molecule has 6 aromatic carbocycles. The van der Waals surface area contributed by atoms with Gasteiger partial charge in [0, 0.05) is 0 Å². The quantitative estimate of drug-likeness (QED) is 0.183. The molecular weight excluding hydrogens is 536 g/mol. The topological polar surface area (TPSA) is 0 Å². The van der Waals surface area contributed by atoms with Gasteiger partial charge in [-0.1, -0.05) is 41.5 Å². The van der Waals surface area contributed by atoms with Crippen LogP contribution in [0.15, 0.2) is 146 Å². The summed E-state index contributed by atoms with van der Waals surface area (Å²) < 4.78 is 1.42. The van der Waals surface area contributed by atoms with Crippen molar-refractivity contribution in [3.8, 4) is 11.1 Å². The summed E-state index contributed by atoms with van der Waals surface area (Å²) in [5, 5.41) is 2.66. The average Bonchev–Trinajstić information content (AvgIpc) is 3.59. The maximum Gasteiger partial charge on any atom is -0.0253 e. The molecule has 1 aliphatic carbocycles. The minimum atomic E-state index is 0. The van der Waals surface area contributed by atoms with Crippen molar-refractivity contribution in [3.63, 3.8) is 0 Å². The van der Waals surface area contributed by atoms with Gasteiger partial charge >= 0.3 is 99.2 Å². The molecule has 0 heterocycles. The Morgan fingerprint density at radius 3 is 1.87 bits per heavy atom. The fourth-order valence-corrected chi connectivity index (χ4v) is 5.26. The summed E-state index contributed by atoms with van der Waals surface area (Å²) in [6.45, 7) is 0. The van der Waals surface area contributed by atoms with E-state index in [1.54, 1.807) is 0 Å². The van der Waals surface area contributed by atoms with E-state index in [2.05, 4.69) is 146 Å². The second kappa shape index (κ2) is 14.4. The third-order valence-electron chi connectivity index (χ3n) is 6.29. The molecule has 0 bridgehead atoms. The van der Waals surface area contributed by atoms with Gasteiger partial charge in [-0.15, -0.1) is 35.2 Å². The number of hydrogen-bond donors (Lipinski definition) is 0. The Morgan fingerprint density at radius 1 is 0.605 bits per heavy atom. The van der Waals surface area contributed by atoms with Gasteiger partial charge in [-0.05, 0) is 6.42 Å². The largest absolute Gasteiger partial charge is 0.179 e. The molecule has 0 atom stereocenters. The second-order valence-corrected chi connectivity index (χ2v) is 9.89. The minimum absolute atomic E-state index is 0. The smallest absolute Gasteiger partial charge is 0.0253 e. The van der Waals surface area contributed by atoms with E-state index in [4.69, 9.17) is 0 Å². The van der Waals surface area contributed by atoms with E-state index in [1.807, 2.05) is 6.07 Å². The molecule has 38 heavy (non-hydrogen) atoms. The van der Waals surface area contributed by atoms with Crippen molar-refractivity contribution >= 4 is 14.0 Å². The van der Waals surface area contributed by atoms with Crippen LogP contribution in [0.5, 0.6) is 0 Å². The molecule has 0 aromatic heterocycles. The molecule has 7 rings (SSSR count). The molecule has 0 saturated heterocycles. The van der Waals surface area contributed by atoms with Crippen LogP contribution in [-0.2, 0) is 30.7 Å². The van der Waals surface area contributed by atoms with E-state index in [0.717, 1.165) is 6.42 Å². The van der Waals surface area contributed by atoms with E-state index in [-0.39, 0.29) is 14.9 Å². The summed E-state index contributed by atoms with van der Waals surface area (Å²) in [4.78, 5) is 0. The fourth-order valence-electron chi connectivity index (χ4n) is 4.44. The molecule has 0 unspecified atom stereocenters. The summed E-state index contributed by atoms with van der Waals surface area (Å²) in [5.74, 6) is 0. The minimum Gasteiger partial charge on any atom is -0.179 e. The second-order valence-electron chi connectivity index (χ2n) is 8.66. The van der Waals surface area contributed by atoms with Crippen molar-refractivity contribution < 1.29 is 24.2 Å². The predicted molar refractivity (Wildman–Crippen MR) is 162 cm³/mol. The third kappa shape index (κ3) is 7.06. The Balaban J connectivity index is 0.000000157. The van der Waals surface area contributed by atoms with Crippen LogP contribution in [0.2, 0.25) is 0 Å². The Kier molecular flexibility index (Phi) is 11.0. The van der Waals surface area contributed by atoms with Crippen LogP contribution in [0.4, 0.5) is 0 Å². The summed E-state index contributed by atoms with van der Waals surface area (Å²) >= 11 is 1.46. The Labute approximate surface area is 243 Å². The van der Waals surface area contributed by atoms with E-state index in [1.165, 1.54) is 71.6 Å². The van der Waals surface area contributed by atoms with Gasteiger partial charge in [-0.25, -0.2) is 0 Å². The zero-order valence-corrected chi connectivity index (χ0v) is 24.5. The molecule has 0 radical (unpaired) electrons. The Morgan fingerprint density at radius 2 is 1.18 bits per heavy atom. The van der Waals surface area contributed by atoms with Crippen molar-refractivity contribution in [2.45, 2.75) is 6.42 Å². The van der Waals surface area contributed by atoms with Crippen LogP contribution in [0.1, 0.15) is 22.3 Å². The summed E-state index contributed by atoms with van der Waals surface area (Å²) in [6.07, 6.45) is 1.05. The molecular formula is C37H32Zr-4. The molecule has 0 aliphatic heterocycles. The van der Waals surface area contributed by atoms with Crippen molar-refractivity contribution in [1.82, 2.24) is 0 Å². The molecule has 188 valence electrons. The normalized spacial score (nSPS) is 10.2. The van der Waals surface area contributed by atoms with Crippen molar-refractivity contribution in [3.05, 3.63) is 189 Å². The first kappa shape index (κ1) is 29.0. The number of hydrogen-bond acceptors (Lipinski definition) is 0. The molecule has 0 fully saturated rings. The van der Waals surface area contributed by atoms with Gasteiger partial charge in [0.1, 0.15) is 0 Å². The van der Waals surface area contributed by atoms with Gasteiger partial charge in [0.05, 0.1) is 0 Å². The van der Waals surface area contributed by atoms with Gasteiger partial charge < -0.3 is 14.9 Å². The zero-order chi connectivity index (χ0) is 24.6.